The number of nitrogens with one attached hydrogen (secondary N) is 3. The predicted molar refractivity (Wildman–Crippen MR) is 93.1 cm³/mol. The normalized spacial score (nSPS) is 26.8. The van der Waals surface area contributed by atoms with E-state index in [1.807, 2.05) is 11.8 Å². The topological polar surface area (TPSA) is 80.8 Å². The van der Waals surface area contributed by atoms with Crippen molar-refractivity contribution < 1.29 is 10.5 Å². The number of carbonyl (C=O) groups is 1. The molecule has 2 fully saturated rings. The van der Waals surface area contributed by atoms with Gasteiger partial charge >= 0.3 is 6.03 Å². The molecule has 2 heterocycles. The molecule has 0 spiro atoms. The summed E-state index contributed by atoms with van der Waals surface area (Å²) in [6.45, 7) is 3.39. The Balaban J connectivity index is 1.38. The molecule has 0 aromatic carbocycles. The van der Waals surface area contributed by atoms with Crippen molar-refractivity contribution in [3.63, 3.8) is 0 Å². The highest BCUT2D eigenvalue weighted by Crippen LogP contribution is 2.33. The first-order valence-electron chi connectivity index (χ1n) is 9.00. The first-order chi connectivity index (χ1) is 10.8. The molecule has 0 aliphatic carbocycles. The number of hydrogen-bond acceptors (Lipinski definition) is 3. The molecule has 0 saturated carbocycles. The lowest BCUT2D eigenvalue weighted by Crippen LogP contribution is -2.50. The Kier molecular flexibility index (Phi) is 8.41. The molecule has 2 saturated heterocycles. The van der Waals surface area contributed by atoms with Gasteiger partial charge in [-0.15, -0.1) is 0 Å². The molecule has 0 radical (unpaired) electrons. The van der Waals surface area contributed by atoms with Crippen LogP contribution >= 0.6 is 11.8 Å². The van der Waals surface area contributed by atoms with Gasteiger partial charge in [0, 0.05) is 11.0 Å². The average Bonchev–Trinajstić information content (AvgIpc) is 3.04. The molecule has 0 bridgehead atoms. The van der Waals surface area contributed by atoms with Crippen LogP contribution in [0.25, 0.3) is 0 Å². The van der Waals surface area contributed by atoms with E-state index in [0.717, 1.165) is 25.4 Å². The van der Waals surface area contributed by atoms with Crippen LogP contribution in [0.3, 0.4) is 0 Å². The van der Waals surface area contributed by atoms with Crippen molar-refractivity contribution in [1.82, 2.24) is 16.0 Å². The number of rotatable bonds is 12. The van der Waals surface area contributed by atoms with Gasteiger partial charge in [-0.2, -0.15) is 11.8 Å². The van der Waals surface area contributed by atoms with Crippen LogP contribution in [0.2, 0.25) is 0 Å². The van der Waals surface area contributed by atoms with Crippen LogP contribution in [0.1, 0.15) is 51.4 Å². The molecule has 2 rings (SSSR count). The van der Waals surface area contributed by atoms with E-state index in [1.54, 1.807) is 0 Å². The van der Waals surface area contributed by atoms with E-state index in [-0.39, 0.29) is 6.03 Å². The van der Waals surface area contributed by atoms with Gasteiger partial charge in [0.2, 0.25) is 0 Å². The number of carbonyl (C=O) groups excluding carboxylic acids is 1. The molecule has 3 atom stereocenters. The zero-order valence-corrected chi connectivity index (χ0v) is 14.6. The van der Waals surface area contributed by atoms with Crippen molar-refractivity contribution >= 4 is 17.8 Å². The van der Waals surface area contributed by atoms with Gasteiger partial charge < -0.3 is 21.7 Å². The molecule has 2 amide bonds. The largest absolute Gasteiger partial charge is 0.358 e. The Morgan fingerprint density at radius 1 is 1.05 bits per heavy atom. The van der Waals surface area contributed by atoms with Crippen molar-refractivity contribution in [3.05, 3.63) is 0 Å². The van der Waals surface area contributed by atoms with Gasteiger partial charge in [0.25, 0.3) is 0 Å². The minimum absolute atomic E-state index is 0.0275. The summed E-state index contributed by atoms with van der Waals surface area (Å²) in [4.78, 5) is 11.3. The van der Waals surface area contributed by atoms with Crippen LogP contribution in [0.4, 0.5) is 4.79 Å². The number of fused-ring (bicyclic) bond motifs is 1. The number of unbranched alkanes of at least 4 members (excludes halogenated alkanes) is 5. The molecule has 0 aromatic rings. The quantitative estimate of drug-likeness (QED) is 0.320. The number of quaternary nitrogens is 1. The maximum atomic E-state index is 11.3. The fraction of sp³-hybridized carbons (Fsp3) is 0.938. The van der Waals surface area contributed by atoms with Gasteiger partial charge in [0.15, 0.2) is 0 Å². The summed E-state index contributed by atoms with van der Waals surface area (Å²) in [6, 6.07) is 0.765. The highest BCUT2D eigenvalue weighted by atomic mass is 32.2. The molecule has 0 aromatic heterocycles. The average molecular weight is 330 g/mol. The number of urea groups is 1. The summed E-state index contributed by atoms with van der Waals surface area (Å²) in [5.74, 6) is 1.07. The van der Waals surface area contributed by atoms with E-state index in [0.29, 0.717) is 17.3 Å². The molecule has 22 heavy (non-hydrogen) atoms. The Morgan fingerprint density at radius 3 is 2.55 bits per heavy atom. The van der Waals surface area contributed by atoms with E-state index in [4.69, 9.17) is 0 Å². The Hall–Kier alpha value is -0.460. The fourth-order valence-corrected chi connectivity index (χ4v) is 4.86. The second-order valence-corrected chi connectivity index (χ2v) is 7.76. The summed E-state index contributed by atoms with van der Waals surface area (Å²) < 4.78 is 0. The number of hydrogen-bond donors (Lipinski definition) is 4. The Bertz CT molecular complexity index is 329. The van der Waals surface area contributed by atoms with E-state index in [1.165, 1.54) is 51.4 Å². The number of thioether (sulfide) groups is 1. The third-order valence-electron chi connectivity index (χ3n) is 4.63. The van der Waals surface area contributed by atoms with E-state index < -0.39 is 0 Å². The Labute approximate surface area is 138 Å². The van der Waals surface area contributed by atoms with Crippen LogP contribution in [0, 0.1) is 0 Å². The predicted octanol–water partition coefficient (Wildman–Crippen LogP) is 1.10. The third-order valence-corrected chi connectivity index (χ3v) is 6.14. The van der Waals surface area contributed by atoms with E-state index >= 15 is 0 Å². The molecular weight excluding hydrogens is 296 g/mol. The lowest BCUT2D eigenvalue weighted by molar-refractivity contribution is -0.368. The maximum absolute atomic E-state index is 11.3. The second-order valence-electron chi connectivity index (χ2n) is 6.49. The van der Waals surface area contributed by atoms with Crippen molar-refractivity contribution in [1.29, 1.82) is 0 Å². The van der Waals surface area contributed by atoms with Crippen LogP contribution in [-0.4, -0.2) is 48.8 Å². The van der Waals surface area contributed by atoms with E-state index in [9.17, 15) is 4.79 Å². The maximum Gasteiger partial charge on any atom is 0.315 e. The smallest absolute Gasteiger partial charge is 0.315 e. The molecule has 2 aliphatic rings. The van der Waals surface area contributed by atoms with Crippen LogP contribution in [0.15, 0.2) is 0 Å². The monoisotopic (exact) mass is 329 g/mol. The Morgan fingerprint density at radius 2 is 1.77 bits per heavy atom. The molecule has 5 nitrogen and oxygen atoms in total. The van der Waals surface area contributed by atoms with Gasteiger partial charge in [-0.25, -0.2) is 4.79 Å². The van der Waals surface area contributed by atoms with E-state index in [2.05, 4.69) is 21.7 Å². The van der Waals surface area contributed by atoms with Crippen molar-refractivity contribution in [2.75, 3.05) is 25.4 Å². The summed E-state index contributed by atoms with van der Waals surface area (Å²) in [6.07, 6.45) is 10.3. The lowest BCUT2D eigenvalue weighted by atomic mass is 10.0. The van der Waals surface area contributed by atoms with Crippen LogP contribution in [0.5, 0.6) is 0 Å². The summed E-state index contributed by atoms with van der Waals surface area (Å²) in [7, 11) is 0. The van der Waals surface area contributed by atoms with Crippen molar-refractivity contribution in [2.24, 2.45) is 0 Å². The van der Waals surface area contributed by atoms with Gasteiger partial charge in [-0.05, 0) is 45.2 Å². The molecule has 2 aliphatic heterocycles. The van der Waals surface area contributed by atoms with Gasteiger partial charge in [-0.3, -0.25) is 0 Å². The zero-order chi connectivity index (χ0) is 15.6. The van der Waals surface area contributed by atoms with Gasteiger partial charge in [0.05, 0.1) is 18.6 Å². The third kappa shape index (κ3) is 5.97. The van der Waals surface area contributed by atoms with Gasteiger partial charge in [-0.1, -0.05) is 19.3 Å². The first kappa shape index (κ1) is 17.9. The van der Waals surface area contributed by atoms with Crippen molar-refractivity contribution in [3.8, 4) is 0 Å². The van der Waals surface area contributed by atoms with Gasteiger partial charge in [0.1, 0.15) is 0 Å². The highest BCUT2D eigenvalue weighted by Gasteiger charge is 2.42. The number of amides is 2. The lowest BCUT2D eigenvalue weighted by Gasteiger charge is -2.16. The summed E-state index contributed by atoms with van der Waals surface area (Å²) >= 11 is 2.02. The van der Waals surface area contributed by atoms with Crippen LogP contribution in [-0.2, 0) is 0 Å². The standard InChI is InChI=1S/C16H32N4OS/c17-9-5-1-2-6-10-18-11-7-3-4-8-14-15-13(12-22-14)19-16(21)20-15/h13-15,18H,1-12,17H2,(H2,19,20,21)/p+1/t13-,14-,15-/m0/s1. The minimum Gasteiger partial charge on any atom is -0.358 e. The fourth-order valence-electron chi connectivity index (χ4n) is 3.32. The zero-order valence-electron chi connectivity index (χ0n) is 13.7. The SMILES string of the molecule is [NH3+]CCCCCCNCCCCC[C@@H]1SC[C@@H]2NC(=O)N[C@@H]21. The summed E-state index contributed by atoms with van der Waals surface area (Å²) in [5.41, 5.74) is 3.87. The molecular formula is C16H33N4OS+. The highest BCUT2D eigenvalue weighted by molar-refractivity contribution is 8.00. The summed E-state index contributed by atoms with van der Waals surface area (Å²) in [5, 5.41) is 10.2. The van der Waals surface area contributed by atoms with Crippen LogP contribution < -0.4 is 21.7 Å². The molecule has 128 valence electrons. The molecule has 6 N–H and O–H groups in total. The van der Waals surface area contributed by atoms with Crippen molar-refractivity contribution in [2.45, 2.75) is 68.7 Å². The second kappa shape index (κ2) is 10.3. The first-order valence-corrected chi connectivity index (χ1v) is 10.0. The molecule has 6 heteroatoms. The molecule has 0 unspecified atom stereocenters. The minimum atomic E-state index is 0.0275.